The summed E-state index contributed by atoms with van der Waals surface area (Å²) >= 11 is 0. The summed E-state index contributed by atoms with van der Waals surface area (Å²) in [5.41, 5.74) is 7.52. The molecule has 0 unspecified atom stereocenters. The maximum Gasteiger partial charge on any atom is 0.0940 e. The molecule has 0 aromatic heterocycles. The molecule has 1 fully saturated rings. The lowest BCUT2D eigenvalue weighted by Crippen LogP contribution is -2.19. The van der Waals surface area contributed by atoms with E-state index in [1.54, 1.807) is 0 Å². The molecule has 76 valence electrons. The molecule has 0 bridgehead atoms. The highest BCUT2D eigenvalue weighted by Crippen LogP contribution is 2.24. The van der Waals surface area contributed by atoms with Gasteiger partial charge in [0.05, 0.1) is 6.67 Å². The van der Waals surface area contributed by atoms with Gasteiger partial charge in [-0.2, -0.15) is 0 Å². The molecule has 1 aromatic carbocycles. The molecule has 0 amide bonds. The van der Waals surface area contributed by atoms with Crippen molar-refractivity contribution in [1.29, 1.82) is 0 Å². The normalized spacial score (nSPS) is 21.5. The van der Waals surface area contributed by atoms with E-state index in [4.69, 9.17) is 5.73 Å². The number of nitrogen functional groups attached to an aromatic ring is 1. The maximum atomic E-state index is 12.4. The first kappa shape index (κ1) is 9.31. The fourth-order valence-corrected chi connectivity index (χ4v) is 1.88. The van der Waals surface area contributed by atoms with E-state index in [1.165, 1.54) is 0 Å². The summed E-state index contributed by atoms with van der Waals surface area (Å²) in [6.45, 7) is 1.59. The third-order valence-electron chi connectivity index (χ3n) is 2.76. The van der Waals surface area contributed by atoms with Gasteiger partial charge in [0.1, 0.15) is 0 Å². The van der Waals surface area contributed by atoms with Gasteiger partial charge in [0, 0.05) is 30.4 Å². The Bertz CT molecular complexity index is 297. The average Bonchev–Trinajstić information content (AvgIpc) is 2.67. The first-order chi connectivity index (χ1) is 6.79. The van der Waals surface area contributed by atoms with Crippen molar-refractivity contribution in [3.63, 3.8) is 0 Å². The Kier molecular flexibility index (Phi) is 2.57. The van der Waals surface area contributed by atoms with E-state index in [9.17, 15) is 4.39 Å². The SMILES string of the molecule is Nc1ccc(N2CC[C@H](CF)C2)cc1. The Balaban J connectivity index is 2.06. The second-order valence-corrected chi connectivity index (χ2v) is 3.85. The van der Waals surface area contributed by atoms with E-state index >= 15 is 0 Å². The molecule has 3 heteroatoms. The van der Waals surface area contributed by atoms with Gasteiger partial charge in [-0.15, -0.1) is 0 Å². The molecule has 1 aliphatic heterocycles. The number of anilines is 2. The number of halogens is 1. The Morgan fingerprint density at radius 3 is 2.64 bits per heavy atom. The fourth-order valence-electron chi connectivity index (χ4n) is 1.88. The molecule has 1 aliphatic rings. The fraction of sp³-hybridized carbons (Fsp3) is 0.455. The van der Waals surface area contributed by atoms with Crippen LogP contribution in [0, 0.1) is 5.92 Å². The van der Waals surface area contributed by atoms with Gasteiger partial charge in [-0.3, -0.25) is 4.39 Å². The van der Waals surface area contributed by atoms with E-state index in [0.29, 0.717) is 0 Å². The predicted octanol–water partition coefficient (Wildman–Crippen LogP) is 2.06. The lowest BCUT2D eigenvalue weighted by molar-refractivity contribution is 0.385. The molecule has 2 rings (SSSR count). The molecule has 0 aliphatic carbocycles. The lowest BCUT2D eigenvalue weighted by Gasteiger charge is -2.18. The minimum atomic E-state index is -0.203. The van der Waals surface area contributed by atoms with Crippen LogP contribution in [0.4, 0.5) is 15.8 Å². The second-order valence-electron chi connectivity index (χ2n) is 3.85. The second kappa shape index (κ2) is 3.86. The van der Waals surface area contributed by atoms with Gasteiger partial charge in [0.25, 0.3) is 0 Å². The number of alkyl halides is 1. The molecule has 1 atom stereocenters. The first-order valence-electron chi connectivity index (χ1n) is 4.96. The van der Waals surface area contributed by atoms with E-state index in [0.717, 1.165) is 30.9 Å². The summed E-state index contributed by atoms with van der Waals surface area (Å²) in [5, 5.41) is 0. The highest BCUT2D eigenvalue weighted by molar-refractivity contribution is 5.53. The number of nitrogens with zero attached hydrogens (tertiary/aromatic N) is 1. The van der Waals surface area contributed by atoms with Crippen molar-refractivity contribution < 1.29 is 4.39 Å². The molecule has 0 radical (unpaired) electrons. The Morgan fingerprint density at radius 1 is 1.36 bits per heavy atom. The topological polar surface area (TPSA) is 29.3 Å². The average molecular weight is 194 g/mol. The highest BCUT2D eigenvalue weighted by atomic mass is 19.1. The van der Waals surface area contributed by atoms with Crippen molar-refractivity contribution in [2.24, 2.45) is 5.92 Å². The van der Waals surface area contributed by atoms with Gasteiger partial charge in [0.15, 0.2) is 0 Å². The summed E-state index contributed by atoms with van der Waals surface area (Å²) in [4.78, 5) is 2.21. The van der Waals surface area contributed by atoms with Crippen LogP contribution in [-0.2, 0) is 0 Å². The Labute approximate surface area is 83.5 Å². The standard InChI is InChI=1S/C11H15FN2/c12-7-9-5-6-14(8-9)11-3-1-10(13)2-4-11/h1-4,9H,5-8,13H2/t9-/m1/s1. The van der Waals surface area contributed by atoms with Crippen LogP contribution in [0.25, 0.3) is 0 Å². The van der Waals surface area contributed by atoms with Gasteiger partial charge in [0.2, 0.25) is 0 Å². The van der Waals surface area contributed by atoms with Gasteiger partial charge in [-0.25, -0.2) is 0 Å². The number of nitrogens with two attached hydrogens (primary N) is 1. The van der Waals surface area contributed by atoms with Gasteiger partial charge < -0.3 is 10.6 Å². The first-order valence-corrected chi connectivity index (χ1v) is 4.96. The minimum Gasteiger partial charge on any atom is -0.399 e. The van der Waals surface area contributed by atoms with Crippen molar-refractivity contribution >= 4 is 11.4 Å². The lowest BCUT2D eigenvalue weighted by atomic mass is 10.1. The Hall–Kier alpha value is -1.25. The van der Waals surface area contributed by atoms with Crippen molar-refractivity contribution in [2.75, 3.05) is 30.4 Å². The number of benzene rings is 1. The van der Waals surface area contributed by atoms with Gasteiger partial charge >= 0.3 is 0 Å². The van der Waals surface area contributed by atoms with E-state index in [1.807, 2.05) is 24.3 Å². The van der Waals surface area contributed by atoms with Crippen molar-refractivity contribution in [1.82, 2.24) is 0 Å². The van der Waals surface area contributed by atoms with Crippen LogP contribution in [0.2, 0.25) is 0 Å². The molecular weight excluding hydrogens is 179 g/mol. The smallest absolute Gasteiger partial charge is 0.0940 e. The molecule has 1 saturated heterocycles. The van der Waals surface area contributed by atoms with Crippen LogP contribution in [-0.4, -0.2) is 19.8 Å². The monoisotopic (exact) mass is 194 g/mol. The van der Waals surface area contributed by atoms with Gasteiger partial charge in [-0.05, 0) is 30.7 Å². The largest absolute Gasteiger partial charge is 0.399 e. The van der Waals surface area contributed by atoms with E-state index in [-0.39, 0.29) is 12.6 Å². The molecule has 1 heterocycles. The summed E-state index contributed by atoms with van der Waals surface area (Å²) in [7, 11) is 0. The molecule has 1 aromatic rings. The minimum absolute atomic E-state index is 0.203. The zero-order chi connectivity index (χ0) is 9.97. The van der Waals surface area contributed by atoms with E-state index < -0.39 is 0 Å². The van der Waals surface area contributed by atoms with Crippen LogP contribution in [0.1, 0.15) is 6.42 Å². The third kappa shape index (κ3) is 1.81. The third-order valence-corrected chi connectivity index (χ3v) is 2.76. The molecule has 14 heavy (non-hydrogen) atoms. The predicted molar refractivity (Wildman–Crippen MR) is 57.1 cm³/mol. The van der Waals surface area contributed by atoms with Crippen LogP contribution >= 0.6 is 0 Å². The summed E-state index contributed by atoms with van der Waals surface area (Å²) in [6, 6.07) is 7.77. The van der Waals surface area contributed by atoms with Gasteiger partial charge in [-0.1, -0.05) is 0 Å². The Morgan fingerprint density at radius 2 is 2.07 bits per heavy atom. The summed E-state index contributed by atoms with van der Waals surface area (Å²) in [5.74, 6) is 0.215. The molecule has 2 nitrogen and oxygen atoms in total. The zero-order valence-electron chi connectivity index (χ0n) is 8.12. The summed E-state index contributed by atoms with van der Waals surface area (Å²) < 4.78 is 12.4. The van der Waals surface area contributed by atoms with Crippen molar-refractivity contribution in [3.05, 3.63) is 24.3 Å². The van der Waals surface area contributed by atoms with Crippen molar-refractivity contribution in [2.45, 2.75) is 6.42 Å². The quantitative estimate of drug-likeness (QED) is 0.730. The maximum absolute atomic E-state index is 12.4. The van der Waals surface area contributed by atoms with Crippen LogP contribution < -0.4 is 10.6 Å². The van der Waals surface area contributed by atoms with Crippen molar-refractivity contribution in [3.8, 4) is 0 Å². The number of hydrogen-bond donors (Lipinski definition) is 1. The molecule has 0 saturated carbocycles. The van der Waals surface area contributed by atoms with Crippen LogP contribution in [0.5, 0.6) is 0 Å². The van der Waals surface area contributed by atoms with E-state index in [2.05, 4.69) is 4.90 Å². The summed E-state index contributed by atoms with van der Waals surface area (Å²) in [6.07, 6.45) is 0.959. The molecule has 2 N–H and O–H groups in total. The molecule has 0 spiro atoms. The van der Waals surface area contributed by atoms with Crippen LogP contribution in [0.3, 0.4) is 0 Å². The number of hydrogen-bond acceptors (Lipinski definition) is 2. The van der Waals surface area contributed by atoms with Crippen LogP contribution in [0.15, 0.2) is 24.3 Å². The highest BCUT2D eigenvalue weighted by Gasteiger charge is 2.22. The zero-order valence-corrected chi connectivity index (χ0v) is 8.12. The number of rotatable bonds is 2. The molecular formula is C11H15FN2.